The van der Waals surface area contributed by atoms with Crippen LogP contribution in [0, 0.1) is 35.5 Å². The van der Waals surface area contributed by atoms with E-state index < -0.39 is 0 Å². The van der Waals surface area contributed by atoms with Crippen molar-refractivity contribution in [1.29, 1.82) is 0 Å². The van der Waals surface area contributed by atoms with Crippen LogP contribution >= 0.6 is 0 Å². The fourth-order valence-corrected chi connectivity index (χ4v) is 4.54. The molecule has 2 bridgehead atoms. The normalized spacial score (nSPS) is 45.2. The highest BCUT2D eigenvalue weighted by Crippen LogP contribution is 2.69. The van der Waals surface area contributed by atoms with Crippen molar-refractivity contribution in [3.8, 4) is 0 Å². The van der Waals surface area contributed by atoms with E-state index in [1.807, 2.05) is 6.08 Å². The predicted molar refractivity (Wildman–Crippen MR) is 64.9 cm³/mol. The molecule has 0 radical (unpaired) electrons. The molecule has 3 aliphatic carbocycles. The molecule has 6 atom stereocenters. The molecule has 88 valence electrons. The summed E-state index contributed by atoms with van der Waals surface area (Å²) in [6.45, 7) is 5.85. The Balaban J connectivity index is 1.60. The van der Waals surface area contributed by atoms with E-state index in [0.717, 1.165) is 36.5 Å². The zero-order valence-electron chi connectivity index (χ0n) is 10.2. The van der Waals surface area contributed by atoms with Gasteiger partial charge in [0, 0.05) is 11.8 Å². The van der Waals surface area contributed by atoms with Gasteiger partial charge >= 0.3 is 0 Å². The summed E-state index contributed by atoms with van der Waals surface area (Å²) in [6.07, 6.45) is 8.20. The second-order valence-corrected chi connectivity index (χ2v) is 6.18. The standard InChI is InChI=1S/C15H22O/c1-3-4-5-9(2)15(16)14-12-10-6-7-11(8-10)13(12)14/h3,9-14H,1,4-8H2,2H3/t9?,10-,11+,12+,13-,14?. The molecule has 0 aromatic rings. The van der Waals surface area contributed by atoms with Crippen molar-refractivity contribution in [3.63, 3.8) is 0 Å². The monoisotopic (exact) mass is 218 g/mol. The topological polar surface area (TPSA) is 17.1 Å². The molecule has 3 fully saturated rings. The van der Waals surface area contributed by atoms with Crippen LogP contribution in [0.5, 0.6) is 0 Å². The minimum atomic E-state index is 0.271. The van der Waals surface area contributed by atoms with E-state index in [4.69, 9.17) is 0 Å². The number of allylic oxidation sites excluding steroid dienone is 1. The molecule has 0 aromatic heterocycles. The maximum absolute atomic E-state index is 12.3. The van der Waals surface area contributed by atoms with Crippen LogP contribution in [0.25, 0.3) is 0 Å². The molecule has 3 saturated carbocycles. The van der Waals surface area contributed by atoms with Gasteiger partial charge in [0.2, 0.25) is 0 Å². The average molecular weight is 218 g/mol. The van der Waals surface area contributed by atoms with Gasteiger partial charge in [-0.2, -0.15) is 0 Å². The molecule has 1 heteroatoms. The first kappa shape index (κ1) is 10.6. The lowest BCUT2D eigenvalue weighted by molar-refractivity contribution is -0.124. The fourth-order valence-electron chi connectivity index (χ4n) is 4.54. The molecular weight excluding hydrogens is 196 g/mol. The highest BCUT2D eigenvalue weighted by atomic mass is 16.1. The summed E-state index contributed by atoms with van der Waals surface area (Å²) in [6, 6.07) is 0. The van der Waals surface area contributed by atoms with E-state index in [9.17, 15) is 4.79 Å². The summed E-state index contributed by atoms with van der Waals surface area (Å²) >= 11 is 0. The number of ketones is 1. The lowest BCUT2D eigenvalue weighted by atomic mass is 9.91. The number of carbonyl (C=O) groups is 1. The largest absolute Gasteiger partial charge is 0.299 e. The number of fused-ring (bicyclic) bond motifs is 5. The number of Topliss-reactive ketones (excluding diaryl/α,β-unsaturated/α-hetero) is 1. The van der Waals surface area contributed by atoms with Crippen LogP contribution in [-0.2, 0) is 4.79 Å². The first-order valence-electron chi connectivity index (χ1n) is 6.88. The van der Waals surface area contributed by atoms with Crippen LogP contribution in [0.2, 0.25) is 0 Å². The third kappa shape index (κ3) is 1.40. The van der Waals surface area contributed by atoms with Gasteiger partial charge < -0.3 is 0 Å². The SMILES string of the molecule is C=CCCC(C)C(=O)C1[C@@H]2[C@H]3CC[C@H](C3)[C@H]12. The molecular formula is C15H22O. The summed E-state index contributed by atoms with van der Waals surface area (Å²) in [5.74, 6) is 4.81. The van der Waals surface area contributed by atoms with E-state index in [1.165, 1.54) is 19.3 Å². The Kier molecular flexibility index (Phi) is 2.45. The van der Waals surface area contributed by atoms with Crippen molar-refractivity contribution >= 4 is 5.78 Å². The van der Waals surface area contributed by atoms with Crippen LogP contribution in [0.15, 0.2) is 12.7 Å². The quantitative estimate of drug-likeness (QED) is 0.646. The number of hydrogen-bond donors (Lipinski definition) is 0. The van der Waals surface area contributed by atoms with E-state index in [2.05, 4.69) is 13.5 Å². The maximum atomic E-state index is 12.3. The summed E-state index contributed by atoms with van der Waals surface area (Å²) < 4.78 is 0. The van der Waals surface area contributed by atoms with Crippen molar-refractivity contribution in [2.45, 2.75) is 39.0 Å². The summed E-state index contributed by atoms with van der Waals surface area (Å²) in [5.41, 5.74) is 0. The number of carbonyl (C=O) groups excluding carboxylic acids is 1. The number of rotatable bonds is 5. The second-order valence-electron chi connectivity index (χ2n) is 6.18. The lowest BCUT2D eigenvalue weighted by Crippen LogP contribution is -2.17. The highest BCUT2D eigenvalue weighted by Gasteiger charge is 2.67. The number of hydrogen-bond acceptors (Lipinski definition) is 1. The first-order valence-corrected chi connectivity index (χ1v) is 6.88. The van der Waals surface area contributed by atoms with E-state index >= 15 is 0 Å². The predicted octanol–water partition coefficient (Wildman–Crippen LogP) is 3.45. The molecule has 0 amide bonds. The van der Waals surface area contributed by atoms with Crippen molar-refractivity contribution in [1.82, 2.24) is 0 Å². The fraction of sp³-hybridized carbons (Fsp3) is 0.800. The molecule has 0 N–H and O–H groups in total. The third-order valence-electron chi connectivity index (χ3n) is 5.35. The molecule has 3 rings (SSSR count). The smallest absolute Gasteiger partial charge is 0.139 e. The highest BCUT2D eigenvalue weighted by molar-refractivity contribution is 5.86. The summed E-state index contributed by atoms with van der Waals surface area (Å²) in [4.78, 5) is 12.3. The van der Waals surface area contributed by atoms with Gasteiger partial charge in [0.15, 0.2) is 0 Å². The summed E-state index contributed by atoms with van der Waals surface area (Å²) in [5, 5.41) is 0. The van der Waals surface area contributed by atoms with E-state index in [1.54, 1.807) is 0 Å². The van der Waals surface area contributed by atoms with E-state index in [-0.39, 0.29) is 5.92 Å². The third-order valence-corrected chi connectivity index (χ3v) is 5.35. The van der Waals surface area contributed by atoms with Crippen LogP contribution in [0.4, 0.5) is 0 Å². The first-order chi connectivity index (χ1) is 7.74. The van der Waals surface area contributed by atoms with Crippen molar-refractivity contribution < 1.29 is 4.79 Å². The van der Waals surface area contributed by atoms with Crippen molar-refractivity contribution in [2.24, 2.45) is 35.5 Å². The molecule has 0 aliphatic heterocycles. The molecule has 2 unspecified atom stereocenters. The minimum Gasteiger partial charge on any atom is -0.299 e. The molecule has 0 aromatic carbocycles. The Morgan fingerprint density at radius 3 is 2.56 bits per heavy atom. The Hall–Kier alpha value is -0.590. The van der Waals surface area contributed by atoms with Gasteiger partial charge in [-0.25, -0.2) is 0 Å². The Morgan fingerprint density at radius 2 is 2.00 bits per heavy atom. The molecule has 0 spiro atoms. The Labute approximate surface area is 98.3 Å². The van der Waals surface area contributed by atoms with E-state index in [0.29, 0.717) is 11.7 Å². The maximum Gasteiger partial charge on any atom is 0.139 e. The molecule has 0 saturated heterocycles. The zero-order chi connectivity index (χ0) is 11.3. The van der Waals surface area contributed by atoms with Gasteiger partial charge in [0.25, 0.3) is 0 Å². The molecule has 0 heterocycles. The molecule has 3 aliphatic rings. The Morgan fingerprint density at radius 1 is 1.38 bits per heavy atom. The molecule has 16 heavy (non-hydrogen) atoms. The van der Waals surface area contributed by atoms with Gasteiger partial charge in [-0.05, 0) is 55.8 Å². The zero-order valence-corrected chi connectivity index (χ0v) is 10.2. The van der Waals surface area contributed by atoms with Crippen LogP contribution < -0.4 is 0 Å². The van der Waals surface area contributed by atoms with Gasteiger partial charge in [0.1, 0.15) is 5.78 Å². The van der Waals surface area contributed by atoms with Crippen molar-refractivity contribution in [3.05, 3.63) is 12.7 Å². The van der Waals surface area contributed by atoms with Gasteiger partial charge in [-0.3, -0.25) is 4.79 Å². The van der Waals surface area contributed by atoms with Crippen molar-refractivity contribution in [2.75, 3.05) is 0 Å². The van der Waals surface area contributed by atoms with Crippen LogP contribution in [0.3, 0.4) is 0 Å². The summed E-state index contributed by atoms with van der Waals surface area (Å²) in [7, 11) is 0. The lowest BCUT2D eigenvalue weighted by Gasteiger charge is -2.12. The molecule has 1 nitrogen and oxygen atoms in total. The van der Waals surface area contributed by atoms with Gasteiger partial charge in [0.05, 0.1) is 0 Å². The average Bonchev–Trinajstić information content (AvgIpc) is 2.73. The van der Waals surface area contributed by atoms with Crippen LogP contribution in [-0.4, -0.2) is 5.78 Å². The Bertz CT molecular complexity index is 303. The minimum absolute atomic E-state index is 0.271. The van der Waals surface area contributed by atoms with Gasteiger partial charge in [-0.15, -0.1) is 6.58 Å². The second kappa shape index (κ2) is 3.72. The van der Waals surface area contributed by atoms with Crippen LogP contribution in [0.1, 0.15) is 39.0 Å². The van der Waals surface area contributed by atoms with Gasteiger partial charge in [-0.1, -0.05) is 13.0 Å².